The van der Waals surface area contributed by atoms with Crippen molar-refractivity contribution in [1.29, 1.82) is 0 Å². The number of aromatic amines is 1. The number of ether oxygens (including phenoxy) is 2. The van der Waals surface area contributed by atoms with E-state index in [2.05, 4.69) is 16.4 Å². The Bertz CT molecular complexity index is 1290. The van der Waals surface area contributed by atoms with Crippen LogP contribution in [0.5, 0.6) is 5.75 Å². The van der Waals surface area contributed by atoms with Crippen LogP contribution in [0.2, 0.25) is 0 Å². The van der Waals surface area contributed by atoms with Crippen LogP contribution < -0.4 is 20.5 Å². The van der Waals surface area contributed by atoms with Crippen molar-refractivity contribution in [2.24, 2.45) is 4.99 Å². The SMILES string of the molecule is C=N[C@]1(COP(=O)(Oc2ccccc2)SN[C@@H](C)C(=O)OC(C)C)O[C@@H](n2ccc(=O)[nH]c2=O)[C@H](F)[C@@H]1O. The monoisotopic (exact) mass is 574 g/mol. The van der Waals surface area contributed by atoms with Crippen LogP contribution in [0, 0.1) is 0 Å². The molecular weight excluding hydrogens is 546 g/mol. The van der Waals surface area contributed by atoms with Crippen molar-refractivity contribution in [3.63, 3.8) is 0 Å². The third-order valence-electron chi connectivity index (χ3n) is 5.19. The smallest absolute Gasteiger partial charge is 0.455 e. The Labute approximate surface area is 220 Å². The molecule has 1 aromatic heterocycles. The summed E-state index contributed by atoms with van der Waals surface area (Å²) in [6.07, 6.45) is -5.32. The molecule has 1 aliphatic heterocycles. The van der Waals surface area contributed by atoms with Gasteiger partial charge >= 0.3 is 18.5 Å². The summed E-state index contributed by atoms with van der Waals surface area (Å²) in [6.45, 7) is 3.08. The number of esters is 1. The van der Waals surface area contributed by atoms with Gasteiger partial charge in [0.25, 0.3) is 5.56 Å². The van der Waals surface area contributed by atoms with E-state index in [0.717, 1.165) is 16.8 Å². The number of nitrogens with one attached hydrogen (secondary N) is 2. The summed E-state index contributed by atoms with van der Waals surface area (Å²) in [7, 11) is 0. The lowest BCUT2D eigenvalue weighted by molar-refractivity contribution is -0.148. The first-order valence-electron chi connectivity index (χ1n) is 11.3. The summed E-state index contributed by atoms with van der Waals surface area (Å²) < 4.78 is 53.9. The van der Waals surface area contributed by atoms with Crippen LogP contribution in [-0.2, 0) is 23.4 Å². The number of carbonyl (C=O) groups is 1. The van der Waals surface area contributed by atoms with E-state index in [4.69, 9.17) is 18.5 Å². The van der Waals surface area contributed by atoms with E-state index >= 15 is 4.39 Å². The van der Waals surface area contributed by atoms with Gasteiger partial charge < -0.3 is 19.1 Å². The molecule has 0 bridgehead atoms. The lowest BCUT2D eigenvalue weighted by atomic mass is 10.1. The third kappa shape index (κ3) is 6.98. The zero-order valence-corrected chi connectivity index (χ0v) is 22.4. The Morgan fingerprint density at radius 3 is 2.63 bits per heavy atom. The van der Waals surface area contributed by atoms with Crippen LogP contribution in [0.1, 0.15) is 27.0 Å². The molecule has 38 heavy (non-hydrogen) atoms. The molecule has 1 unspecified atom stereocenters. The maximum atomic E-state index is 15.1. The highest BCUT2D eigenvalue weighted by Gasteiger charge is 2.57. The maximum absolute atomic E-state index is 15.1. The van der Waals surface area contributed by atoms with E-state index in [1.54, 1.807) is 32.0 Å². The first-order valence-corrected chi connectivity index (χ1v) is 14.3. The number of hydrogen-bond donors (Lipinski definition) is 3. The largest absolute Gasteiger partial charge is 0.462 e. The van der Waals surface area contributed by atoms with E-state index in [0.29, 0.717) is 11.6 Å². The molecule has 16 heteroatoms. The van der Waals surface area contributed by atoms with Gasteiger partial charge in [0.05, 0.1) is 17.7 Å². The number of H-pyrrole nitrogens is 1. The number of aliphatic hydroxyl groups is 1. The minimum absolute atomic E-state index is 0.150. The number of halogens is 1. The number of carbonyl (C=O) groups excluding carboxylic acids is 1. The predicted octanol–water partition coefficient (Wildman–Crippen LogP) is 1.94. The Morgan fingerprint density at radius 1 is 1.34 bits per heavy atom. The molecule has 13 nitrogen and oxygen atoms in total. The lowest BCUT2D eigenvalue weighted by Crippen LogP contribution is -2.44. The van der Waals surface area contributed by atoms with Gasteiger partial charge in [-0.3, -0.25) is 28.7 Å². The van der Waals surface area contributed by atoms with Gasteiger partial charge in [0.1, 0.15) is 24.5 Å². The third-order valence-corrected chi connectivity index (χ3v) is 8.28. The van der Waals surface area contributed by atoms with Gasteiger partial charge in [-0.2, -0.15) is 0 Å². The molecule has 0 aliphatic carbocycles. The molecule has 3 rings (SSSR count). The van der Waals surface area contributed by atoms with Gasteiger partial charge in [0, 0.05) is 12.3 Å². The molecule has 1 fully saturated rings. The van der Waals surface area contributed by atoms with Crippen molar-refractivity contribution >= 4 is 31.1 Å². The van der Waals surface area contributed by atoms with E-state index in [-0.39, 0.29) is 11.9 Å². The number of para-hydroxylation sites is 1. The summed E-state index contributed by atoms with van der Waals surface area (Å²) >= 11 is 0.450. The summed E-state index contributed by atoms with van der Waals surface area (Å²) in [5.41, 5.74) is -3.91. The quantitative estimate of drug-likeness (QED) is 0.146. The number of rotatable bonds is 12. The predicted molar refractivity (Wildman–Crippen MR) is 137 cm³/mol. The number of nitrogens with zero attached hydrogens (tertiary/aromatic N) is 2. The normalized spacial score (nSPS) is 25.5. The second-order valence-corrected chi connectivity index (χ2v) is 12.1. The van der Waals surface area contributed by atoms with Crippen LogP contribution >= 0.6 is 18.4 Å². The van der Waals surface area contributed by atoms with E-state index < -0.39 is 60.9 Å². The van der Waals surface area contributed by atoms with E-state index in [1.165, 1.54) is 19.1 Å². The molecule has 2 heterocycles. The first kappa shape index (κ1) is 29.7. The zero-order chi connectivity index (χ0) is 28.1. The first-order chi connectivity index (χ1) is 17.9. The van der Waals surface area contributed by atoms with Crippen molar-refractivity contribution in [1.82, 2.24) is 14.3 Å². The number of aromatic nitrogens is 2. The summed E-state index contributed by atoms with van der Waals surface area (Å²) in [4.78, 5) is 41.3. The number of hydrogen-bond acceptors (Lipinski definition) is 12. The van der Waals surface area contributed by atoms with Crippen LogP contribution in [0.4, 0.5) is 4.39 Å². The fraction of sp³-hybridized carbons (Fsp3) is 0.455. The standard InChI is InChI=1S/C22H28FN4O9PS/c1-13(2)34-20(30)14(3)26-38-37(32,36-15-8-6-5-7-9-15)33-12-22(24-4)18(29)17(23)19(35-22)27-11-10-16(28)25-21(27)31/h5-11,13-14,17-19,26,29H,4,12H2,1-3H3,(H,25,28,31)/t14-,17+,18-,19+,22+,37?/m0/s1. The molecule has 0 radical (unpaired) electrons. The molecule has 3 N–H and O–H groups in total. The van der Waals surface area contributed by atoms with Gasteiger partial charge in [-0.15, -0.1) is 0 Å². The van der Waals surface area contributed by atoms with Crippen molar-refractivity contribution < 1.29 is 37.4 Å². The molecule has 2 aromatic rings. The van der Waals surface area contributed by atoms with Crippen LogP contribution in [-0.4, -0.2) is 64.1 Å². The summed E-state index contributed by atoms with van der Waals surface area (Å²) in [5.74, 6) is -0.468. The molecular formula is C22H28FN4O9PS. The molecule has 0 spiro atoms. The number of benzene rings is 1. The van der Waals surface area contributed by atoms with Crippen LogP contribution in [0.3, 0.4) is 0 Å². The van der Waals surface area contributed by atoms with Crippen molar-refractivity contribution in [3.05, 3.63) is 63.4 Å². The Balaban J connectivity index is 1.82. The average molecular weight is 575 g/mol. The Hall–Kier alpha value is -2.81. The van der Waals surface area contributed by atoms with Gasteiger partial charge in [-0.25, -0.2) is 18.5 Å². The Morgan fingerprint density at radius 2 is 2.03 bits per heavy atom. The molecule has 1 saturated heterocycles. The van der Waals surface area contributed by atoms with Gasteiger partial charge in [-0.1, -0.05) is 18.2 Å². The number of alkyl halides is 1. The second-order valence-electron chi connectivity index (χ2n) is 8.46. The lowest BCUT2D eigenvalue weighted by Gasteiger charge is -2.29. The van der Waals surface area contributed by atoms with Crippen molar-refractivity contribution in [2.75, 3.05) is 6.61 Å². The molecule has 1 aromatic carbocycles. The molecule has 0 saturated carbocycles. The minimum atomic E-state index is -4.25. The molecule has 208 valence electrons. The summed E-state index contributed by atoms with van der Waals surface area (Å²) in [6, 6.07) is 8.00. The summed E-state index contributed by atoms with van der Waals surface area (Å²) in [5, 5.41) is 10.6. The number of aliphatic hydroxyl groups excluding tert-OH is 1. The molecule has 6 atom stereocenters. The Kier molecular flexibility index (Phi) is 9.68. The van der Waals surface area contributed by atoms with Crippen molar-refractivity contribution in [3.8, 4) is 5.75 Å². The van der Waals surface area contributed by atoms with E-state index in [1.807, 2.05) is 4.98 Å². The van der Waals surface area contributed by atoms with E-state index in [9.17, 15) is 24.1 Å². The minimum Gasteiger partial charge on any atom is -0.462 e. The highest BCUT2D eigenvalue weighted by molar-refractivity contribution is 8.54. The van der Waals surface area contributed by atoms with Crippen LogP contribution in [0.25, 0.3) is 0 Å². The van der Waals surface area contributed by atoms with Gasteiger partial charge in [-0.05, 0) is 39.6 Å². The van der Waals surface area contributed by atoms with Crippen LogP contribution in [0.15, 0.2) is 57.2 Å². The topological polar surface area (TPSA) is 171 Å². The molecule has 1 aliphatic rings. The van der Waals surface area contributed by atoms with Crippen molar-refractivity contribution in [2.45, 2.75) is 57.1 Å². The fourth-order valence-electron chi connectivity index (χ4n) is 3.26. The second kappa shape index (κ2) is 12.4. The highest BCUT2D eigenvalue weighted by atomic mass is 32.7. The number of aliphatic imine (C=N–C) groups is 1. The zero-order valence-electron chi connectivity index (χ0n) is 20.7. The molecule has 0 amide bonds. The average Bonchev–Trinajstić information content (AvgIpc) is 3.12. The van der Waals surface area contributed by atoms with Gasteiger partial charge in [0.15, 0.2) is 12.4 Å². The highest BCUT2D eigenvalue weighted by Crippen LogP contribution is 2.59. The fourth-order valence-corrected chi connectivity index (χ4v) is 6.06. The maximum Gasteiger partial charge on any atom is 0.455 e. The van der Waals surface area contributed by atoms with Gasteiger partial charge in [0.2, 0.25) is 5.72 Å².